The van der Waals surface area contributed by atoms with Crippen molar-refractivity contribution in [1.82, 2.24) is 24.2 Å². The van der Waals surface area contributed by atoms with Gasteiger partial charge in [-0.2, -0.15) is 0 Å². The maximum atomic E-state index is 5.07. The van der Waals surface area contributed by atoms with Gasteiger partial charge in [-0.05, 0) is 64.0 Å². The molecule has 2 aliphatic rings. The number of nitrogens with zero attached hydrogens (tertiary/aromatic N) is 6. The Hall–Kier alpha value is -2.44. The molecule has 6 heteroatoms. The first-order valence-electron chi connectivity index (χ1n) is 11.2. The van der Waals surface area contributed by atoms with E-state index in [2.05, 4.69) is 70.6 Å². The topological polar surface area (TPSA) is 39.9 Å². The maximum Gasteiger partial charge on any atom is 0.138 e. The van der Waals surface area contributed by atoms with Crippen LogP contribution in [0.1, 0.15) is 48.3 Å². The zero-order valence-electron chi connectivity index (χ0n) is 18.3. The molecule has 2 fully saturated rings. The molecule has 0 amide bonds. The van der Waals surface area contributed by atoms with E-state index in [1.807, 2.05) is 12.3 Å². The highest BCUT2D eigenvalue weighted by atomic mass is 15.3. The van der Waals surface area contributed by atoms with Crippen molar-refractivity contribution in [2.75, 3.05) is 45.2 Å². The van der Waals surface area contributed by atoms with Gasteiger partial charge in [0.25, 0.3) is 0 Å². The zero-order valence-corrected chi connectivity index (χ0v) is 18.3. The number of likely N-dealkylation sites (N-methyl/N-ethyl adjacent to an activating group) is 1. The first kappa shape index (κ1) is 19.5. The Morgan fingerprint density at radius 2 is 1.73 bits per heavy atom. The molecule has 2 aliphatic heterocycles. The minimum Gasteiger partial charge on any atom is -0.355 e. The number of imidazole rings is 1. The van der Waals surface area contributed by atoms with E-state index < -0.39 is 0 Å². The van der Waals surface area contributed by atoms with Crippen LogP contribution in [0.3, 0.4) is 0 Å². The third kappa shape index (κ3) is 3.48. The van der Waals surface area contributed by atoms with E-state index in [0.717, 1.165) is 44.7 Å². The second-order valence-corrected chi connectivity index (χ2v) is 8.90. The van der Waals surface area contributed by atoms with Crippen LogP contribution in [0.5, 0.6) is 0 Å². The van der Waals surface area contributed by atoms with Crippen molar-refractivity contribution in [2.24, 2.45) is 0 Å². The summed E-state index contributed by atoms with van der Waals surface area (Å²) in [6.07, 6.45) is 7.71. The molecule has 30 heavy (non-hydrogen) atoms. The second-order valence-electron chi connectivity index (χ2n) is 8.90. The Bertz CT molecular complexity index is 1020. The number of aryl methyl sites for hydroxylation is 1. The van der Waals surface area contributed by atoms with E-state index >= 15 is 0 Å². The lowest BCUT2D eigenvalue weighted by Crippen LogP contribution is -2.45. The first-order chi connectivity index (χ1) is 14.6. The lowest BCUT2D eigenvalue weighted by molar-refractivity contribution is 0.109. The van der Waals surface area contributed by atoms with E-state index in [9.17, 15) is 0 Å². The summed E-state index contributed by atoms with van der Waals surface area (Å²) in [4.78, 5) is 17.2. The molecule has 3 aromatic heterocycles. The fraction of sp³-hybridized carbons (Fsp3) is 0.500. The smallest absolute Gasteiger partial charge is 0.138 e. The molecular formula is C24H32N6. The van der Waals surface area contributed by atoms with Crippen LogP contribution >= 0.6 is 0 Å². The van der Waals surface area contributed by atoms with Crippen molar-refractivity contribution in [3.63, 3.8) is 0 Å². The van der Waals surface area contributed by atoms with Crippen LogP contribution in [-0.4, -0.2) is 64.4 Å². The molecule has 0 N–H and O–H groups in total. The molecule has 0 saturated carbocycles. The van der Waals surface area contributed by atoms with E-state index in [1.54, 1.807) is 0 Å². The third-order valence-electron chi connectivity index (χ3n) is 6.96. The van der Waals surface area contributed by atoms with Crippen LogP contribution in [-0.2, 0) is 0 Å². The van der Waals surface area contributed by atoms with Gasteiger partial charge in [-0.1, -0.05) is 12.1 Å². The van der Waals surface area contributed by atoms with Crippen molar-refractivity contribution >= 4 is 11.5 Å². The summed E-state index contributed by atoms with van der Waals surface area (Å²) in [6, 6.07) is 11.4. The van der Waals surface area contributed by atoms with Gasteiger partial charge < -0.3 is 9.80 Å². The van der Waals surface area contributed by atoms with Crippen molar-refractivity contribution in [3.8, 4) is 0 Å². The van der Waals surface area contributed by atoms with Crippen LogP contribution in [0.4, 0.5) is 5.82 Å². The standard InChI is InChI=1S/C24H32N6/c1-18-7-6-12-25-24(18)21-9-4-8-20(28(21)3)19-17-30-22(26-19)10-5-11-23(30)29-15-13-27(2)14-16-29/h5-7,10-12,17,20-21H,4,8-9,13-16H2,1-3H3. The predicted octanol–water partition coefficient (Wildman–Crippen LogP) is 3.69. The first-order valence-corrected chi connectivity index (χ1v) is 11.2. The molecule has 0 spiro atoms. The summed E-state index contributed by atoms with van der Waals surface area (Å²) < 4.78 is 2.30. The van der Waals surface area contributed by atoms with E-state index in [4.69, 9.17) is 9.97 Å². The third-order valence-corrected chi connectivity index (χ3v) is 6.96. The van der Waals surface area contributed by atoms with Crippen molar-refractivity contribution in [3.05, 3.63) is 59.7 Å². The van der Waals surface area contributed by atoms with Gasteiger partial charge in [-0.3, -0.25) is 14.3 Å². The number of rotatable bonds is 3. The van der Waals surface area contributed by atoms with Crippen LogP contribution in [0.2, 0.25) is 0 Å². The van der Waals surface area contributed by atoms with Gasteiger partial charge in [-0.25, -0.2) is 4.98 Å². The quantitative estimate of drug-likeness (QED) is 0.666. The summed E-state index contributed by atoms with van der Waals surface area (Å²) in [5.41, 5.74) is 4.72. The number of fused-ring (bicyclic) bond motifs is 1. The van der Waals surface area contributed by atoms with E-state index in [-0.39, 0.29) is 0 Å². The van der Waals surface area contributed by atoms with Crippen molar-refractivity contribution in [2.45, 2.75) is 38.3 Å². The summed E-state index contributed by atoms with van der Waals surface area (Å²) in [5, 5.41) is 0. The lowest BCUT2D eigenvalue weighted by Gasteiger charge is -2.39. The van der Waals surface area contributed by atoms with Gasteiger partial charge in [0.1, 0.15) is 11.5 Å². The lowest BCUT2D eigenvalue weighted by atomic mass is 9.91. The monoisotopic (exact) mass is 404 g/mol. The van der Waals surface area contributed by atoms with Gasteiger partial charge in [0.05, 0.1) is 23.5 Å². The Morgan fingerprint density at radius 3 is 2.53 bits per heavy atom. The maximum absolute atomic E-state index is 5.07. The number of piperazine rings is 1. The number of pyridine rings is 2. The molecule has 2 saturated heterocycles. The van der Waals surface area contributed by atoms with Gasteiger partial charge in [0.2, 0.25) is 0 Å². The van der Waals surface area contributed by atoms with E-state index in [1.165, 1.54) is 29.2 Å². The highest BCUT2D eigenvalue weighted by molar-refractivity contribution is 5.53. The molecule has 6 nitrogen and oxygen atoms in total. The number of hydrogen-bond donors (Lipinski definition) is 0. The van der Waals surface area contributed by atoms with Crippen LogP contribution < -0.4 is 4.90 Å². The van der Waals surface area contributed by atoms with Crippen molar-refractivity contribution < 1.29 is 0 Å². The van der Waals surface area contributed by atoms with Crippen LogP contribution in [0, 0.1) is 6.92 Å². The van der Waals surface area contributed by atoms with Crippen LogP contribution in [0.25, 0.3) is 5.65 Å². The van der Waals surface area contributed by atoms with Crippen LogP contribution in [0.15, 0.2) is 42.7 Å². The van der Waals surface area contributed by atoms with Gasteiger partial charge in [0, 0.05) is 38.6 Å². The number of likely N-dealkylation sites (tertiary alicyclic amines) is 1. The summed E-state index contributed by atoms with van der Waals surface area (Å²) in [6.45, 7) is 6.51. The molecule has 0 radical (unpaired) electrons. The minimum atomic E-state index is 0.324. The van der Waals surface area contributed by atoms with Gasteiger partial charge >= 0.3 is 0 Å². The highest BCUT2D eigenvalue weighted by Crippen LogP contribution is 2.40. The Balaban J connectivity index is 1.46. The van der Waals surface area contributed by atoms with Gasteiger partial charge in [0.15, 0.2) is 0 Å². The molecule has 0 aromatic carbocycles. The summed E-state index contributed by atoms with van der Waals surface area (Å²) in [7, 11) is 4.44. The molecule has 0 aliphatic carbocycles. The molecule has 5 heterocycles. The number of piperidine rings is 1. The molecule has 5 rings (SSSR count). The second kappa shape index (κ2) is 8.00. The fourth-order valence-electron chi connectivity index (χ4n) is 5.13. The zero-order chi connectivity index (χ0) is 20.7. The largest absolute Gasteiger partial charge is 0.355 e. The summed E-state index contributed by atoms with van der Waals surface area (Å²) >= 11 is 0. The SMILES string of the molecule is Cc1cccnc1C1CCCC(c2cn3c(N4CCN(C)CC4)cccc3n2)N1C. The Kier molecular flexibility index (Phi) is 5.21. The summed E-state index contributed by atoms with van der Waals surface area (Å²) in [5.74, 6) is 1.26. The Morgan fingerprint density at radius 1 is 0.933 bits per heavy atom. The highest BCUT2D eigenvalue weighted by Gasteiger charge is 2.32. The predicted molar refractivity (Wildman–Crippen MR) is 121 cm³/mol. The average Bonchev–Trinajstić information content (AvgIpc) is 3.19. The molecular weight excluding hydrogens is 372 g/mol. The normalized spacial score (nSPS) is 23.9. The number of anilines is 1. The molecule has 2 unspecified atom stereocenters. The molecule has 2 atom stereocenters. The molecule has 0 bridgehead atoms. The van der Waals surface area contributed by atoms with Gasteiger partial charge in [-0.15, -0.1) is 0 Å². The number of aromatic nitrogens is 3. The molecule has 158 valence electrons. The van der Waals surface area contributed by atoms with E-state index in [0.29, 0.717) is 12.1 Å². The fourth-order valence-corrected chi connectivity index (χ4v) is 5.13. The average molecular weight is 405 g/mol. The van der Waals surface area contributed by atoms with Crippen molar-refractivity contribution in [1.29, 1.82) is 0 Å². The molecule has 3 aromatic rings. The minimum absolute atomic E-state index is 0.324. The Labute approximate surface area is 179 Å². The number of hydrogen-bond acceptors (Lipinski definition) is 5.